The van der Waals surface area contributed by atoms with Gasteiger partial charge in [-0.3, -0.25) is 20.2 Å². The molecule has 0 aliphatic carbocycles. The molecule has 0 radical (unpaired) electrons. The molecule has 0 aromatic heterocycles. The molecule has 0 aliphatic heterocycles. The highest BCUT2D eigenvalue weighted by Gasteiger charge is 2.21. The van der Waals surface area contributed by atoms with E-state index in [1.54, 1.807) is 12.1 Å². The number of non-ortho nitro benzene ring substituents is 1. The summed E-state index contributed by atoms with van der Waals surface area (Å²) in [6.07, 6.45) is 0. The van der Waals surface area contributed by atoms with Gasteiger partial charge in [0, 0.05) is 23.9 Å². The first-order chi connectivity index (χ1) is 11.9. The molecule has 132 valence electrons. The number of hydrogen-bond acceptors (Lipinski definition) is 8. The molecular weight excluding hydrogens is 334 g/mol. The van der Waals surface area contributed by atoms with Gasteiger partial charge in [0.15, 0.2) is 11.5 Å². The van der Waals surface area contributed by atoms with Crippen LogP contribution in [0.15, 0.2) is 30.3 Å². The van der Waals surface area contributed by atoms with Gasteiger partial charge in [-0.15, -0.1) is 0 Å². The molecule has 0 unspecified atom stereocenters. The lowest BCUT2D eigenvalue weighted by Crippen LogP contribution is -2.00. The van der Waals surface area contributed by atoms with Gasteiger partial charge >= 0.3 is 0 Å². The maximum absolute atomic E-state index is 11.2. The molecule has 0 atom stereocenters. The van der Waals surface area contributed by atoms with Crippen molar-refractivity contribution in [1.82, 2.24) is 0 Å². The number of hydrogen-bond donors (Lipinski definition) is 1. The summed E-state index contributed by atoms with van der Waals surface area (Å²) in [6, 6.07) is 6.45. The topological polar surface area (TPSA) is 126 Å². The van der Waals surface area contributed by atoms with Crippen molar-refractivity contribution in [2.75, 3.05) is 26.6 Å². The summed E-state index contributed by atoms with van der Waals surface area (Å²) in [6.45, 7) is 0. The smallest absolute Gasteiger partial charge is 0.299 e. The van der Waals surface area contributed by atoms with Crippen molar-refractivity contribution in [3.05, 3.63) is 50.6 Å². The Hall–Kier alpha value is -3.56. The largest absolute Gasteiger partial charge is 0.493 e. The van der Waals surface area contributed by atoms with Gasteiger partial charge in [0.2, 0.25) is 5.75 Å². The van der Waals surface area contributed by atoms with Crippen LogP contribution in [-0.4, -0.2) is 31.2 Å². The summed E-state index contributed by atoms with van der Waals surface area (Å²) < 4.78 is 15.6. The average molecular weight is 349 g/mol. The molecule has 2 aromatic carbocycles. The normalized spacial score (nSPS) is 10.0. The zero-order valence-electron chi connectivity index (χ0n) is 13.6. The molecule has 2 rings (SSSR count). The fourth-order valence-electron chi connectivity index (χ4n) is 2.20. The van der Waals surface area contributed by atoms with Crippen LogP contribution in [0.2, 0.25) is 0 Å². The molecule has 0 saturated heterocycles. The van der Waals surface area contributed by atoms with E-state index in [1.807, 2.05) is 0 Å². The minimum Gasteiger partial charge on any atom is -0.493 e. The molecule has 0 bridgehead atoms. The predicted molar refractivity (Wildman–Crippen MR) is 89.1 cm³/mol. The SMILES string of the molecule is COc1cc(Nc2ccc([N+](=O)[O-])cc2[N+](=O)[O-])cc(OC)c1OC. The van der Waals surface area contributed by atoms with E-state index in [0.29, 0.717) is 22.9 Å². The fraction of sp³-hybridized carbons (Fsp3) is 0.200. The summed E-state index contributed by atoms with van der Waals surface area (Å²) in [5.74, 6) is 1.08. The van der Waals surface area contributed by atoms with Crippen molar-refractivity contribution in [3.63, 3.8) is 0 Å². The van der Waals surface area contributed by atoms with Crippen LogP contribution < -0.4 is 19.5 Å². The van der Waals surface area contributed by atoms with Crippen LogP contribution >= 0.6 is 0 Å². The van der Waals surface area contributed by atoms with Crippen molar-refractivity contribution in [3.8, 4) is 17.2 Å². The number of nitro benzene ring substituents is 2. The molecule has 0 saturated carbocycles. The van der Waals surface area contributed by atoms with E-state index in [2.05, 4.69) is 5.32 Å². The van der Waals surface area contributed by atoms with E-state index in [4.69, 9.17) is 14.2 Å². The summed E-state index contributed by atoms with van der Waals surface area (Å²) in [5.41, 5.74) is -0.290. The van der Waals surface area contributed by atoms with Crippen molar-refractivity contribution >= 4 is 22.7 Å². The molecule has 0 fully saturated rings. The van der Waals surface area contributed by atoms with Crippen molar-refractivity contribution in [2.24, 2.45) is 0 Å². The molecule has 1 N–H and O–H groups in total. The highest BCUT2D eigenvalue weighted by Crippen LogP contribution is 2.41. The number of methoxy groups -OCH3 is 3. The van der Waals surface area contributed by atoms with E-state index in [-0.39, 0.29) is 11.4 Å². The number of nitro groups is 2. The number of anilines is 2. The van der Waals surface area contributed by atoms with E-state index in [1.165, 1.54) is 33.5 Å². The molecule has 0 heterocycles. The predicted octanol–water partition coefficient (Wildman–Crippen LogP) is 3.27. The minimum atomic E-state index is -0.701. The van der Waals surface area contributed by atoms with Gasteiger partial charge in [0.25, 0.3) is 11.4 Å². The Kier molecular flexibility index (Phi) is 5.22. The highest BCUT2D eigenvalue weighted by atomic mass is 16.6. The van der Waals surface area contributed by atoms with Crippen LogP contribution in [0.3, 0.4) is 0 Å². The second kappa shape index (κ2) is 7.34. The standard InChI is InChI=1S/C15H15N3O7/c1-23-13-6-9(7-14(24-2)15(13)25-3)16-11-5-4-10(17(19)20)8-12(11)18(21)22/h4-8,16H,1-3H3. The molecule has 0 spiro atoms. The molecule has 10 heteroatoms. The first-order valence-corrected chi connectivity index (χ1v) is 6.91. The quantitative estimate of drug-likeness (QED) is 0.596. The van der Waals surface area contributed by atoms with Crippen molar-refractivity contribution in [2.45, 2.75) is 0 Å². The van der Waals surface area contributed by atoms with Crippen LogP contribution in [0.4, 0.5) is 22.7 Å². The van der Waals surface area contributed by atoms with Gasteiger partial charge in [-0.1, -0.05) is 0 Å². The lowest BCUT2D eigenvalue weighted by atomic mass is 10.2. The van der Waals surface area contributed by atoms with Gasteiger partial charge < -0.3 is 19.5 Å². The maximum Gasteiger partial charge on any atom is 0.299 e. The number of rotatable bonds is 7. The van der Waals surface area contributed by atoms with Gasteiger partial charge in [0.05, 0.1) is 37.2 Å². The zero-order chi connectivity index (χ0) is 18.6. The van der Waals surface area contributed by atoms with Gasteiger partial charge in [-0.05, 0) is 6.07 Å². The number of nitrogens with zero attached hydrogens (tertiary/aromatic N) is 2. The van der Waals surface area contributed by atoms with E-state index in [9.17, 15) is 20.2 Å². The lowest BCUT2D eigenvalue weighted by molar-refractivity contribution is -0.393. The lowest BCUT2D eigenvalue weighted by Gasteiger charge is -2.15. The van der Waals surface area contributed by atoms with E-state index in [0.717, 1.165) is 6.07 Å². The summed E-state index contributed by atoms with van der Waals surface area (Å²) in [7, 11) is 4.33. The molecule has 10 nitrogen and oxygen atoms in total. The number of nitrogens with one attached hydrogen (secondary N) is 1. The number of benzene rings is 2. The monoisotopic (exact) mass is 349 g/mol. The van der Waals surface area contributed by atoms with Crippen LogP contribution in [-0.2, 0) is 0 Å². The Morgan fingerprint density at radius 1 is 0.880 bits per heavy atom. The third-order valence-electron chi connectivity index (χ3n) is 3.33. The van der Waals surface area contributed by atoms with Crippen LogP contribution in [0, 0.1) is 20.2 Å². The second-order valence-electron chi connectivity index (χ2n) is 4.75. The summed E-state index contributed by atoms with van der Waals surface area (Å²) in [4.78, 5) is 20.6. The molecule has 0 aliphatic rings. The molecule has 0 amide bonds. The first-order valence-electron chi connectivity index (χ1n) is 6.91. The molecule has 2 aromatic rings. The maximum atomic E-state index is 11.2. The first kappa shape index (κ1) is 17.8. The Bertz CT molecular complexity index is 798. The third kappa shape index (κ3) is 3.68. The van der Waals surface area contributed by atoms with Crippen LogP contribution in [0.5, 0.6) is 17.2 Å². The van der Waals surface area contributed by atoms with E-state index < -0.39 is 15.5 Å². The van der Waals surface area contributed by atoms with Crippen LogP contribution in [0.1, 0.15) is 0 Å². The zero-order valence-corrected chi connectivity index (χ0v) is 13.6. The van der Waals surface area contributed by atoms with Crippen LogP contribution in [0.25, 0.3) is 0 Å². The minimum absolute atomic E-state index is 0.0878. The van der Waals surface area contributed by atoms with E-state index >= 15 is 0 Å². The number of ether oxygens (including phenoxy) is 3. The molecule has 25 heavy (non-hydrogen) atoms. The highest BCUT2D eigenvalue weighted by molar-refractivity contribution is 5.74. The Labute approximate surface area is 142 Å². The van der Waals surface area contributed by atoms with Crippen molar-refractivity contribution in [1.29, 1.82) is 0 Å². The van der Waals surface area contributed by atoms with Gasteiger partial charge in [-0.25, -0.2) is 0 Å². The van der Waals surface area contributed by atoms with Gasteiger partial charge in [0.1, 0.15) is 5.69 Å². The third-order valence-corrected chi connectivity index (χ3v) is 3.33. The summed E-state index contributed by atoms with van der Waals surface area (Å²) in [5, 5.41) is 24.8. The molecular formula is C15H15N3O7. The fourth-order valence-corrected chi connectivity index (χ4v) is 2.20. The Morgan fingerprint density at radius 3 is 1.92 bits per heavy atom. The summed E-state index contributed by atoms with van der Waals surface area (Å²) >= 11 is 0. The Morgan fingerprint density at radius 2 is 1.48 bits per heavy atom. The average Bonchev–Trinajstić information content (AvgIpc) is 2.60. The van der Waals surface area contributed by atoms with Gasteiger partial charge in [-0.2, -0.15) is 0 Å². The second-order valence-corrected chi connectivity index (χ2v) is 4.75. The van der Waals surface area contributed by atoms with Crippen molar-refractivity contribution < 1.29 is 24.1 Å². The Balaban J connectivity index is 2.49.